The van der Waals surface area contributed by atoms with E-state index in [4.69, 9.17) is 16.3 Å². The molecule has 1 aromatic carbocycles. The average molecular weight is 576 g/mol. The molecule has 0 radical (unpaired) electrons. The van der Waals surface area contributed by atoms with Gasteiger partial charge >= 0.3 is 12.2 Å². The third-order valence-electron chi connectivity index (χ3n) is 5.15. The van der Waals surface area contributed by atoms with Crippen LogP contribution in [0.2, 0.25) is 4.34 Å². The number of thiophene rings is 1. The van der Waals surface area contributed by atoms with E-state index < -0.39 is 41.5 Å². The summed E-state index contributed by atoms with van der Waals surface area (Å²) < 4.78 is 47.0. The molecule has 1 aliphatic rings. The summed E-state index contributed by atoms with van der Waals surface area (Å²) in [6.07, 6.45) is -4.83. The van der Waals surface area contributed by atoms with E-state index in [1.165, 1.54) is 18.2 Å². The van der Waals surface area contributed by atoms with Gasteiger partial charge < -0.3 is 30.9 Å². The van der Waals surface area contributed by atoms with Gasteiger partial charge in [-0.2, -0.15) is 13.2 Å². The maximum Gasteiger partial charge on any atom is 0.418 e. The van der Waals surface area contributed by atoms with Crippen molar-refractivity contribution >= 4 is 58.1 Å². The van der Waals surface area contributed by atoms with Crippen molar-refractivity contribution in [2.45, 2.75) is 32.1 Å². The van der Waals surface area contributed by atoms with Crippen LogP contribution < -0.4 is 26.2 Å². The number of carbonyl (C=O) groups excluding carboxylic acids is 4. The number of ether oxygens (including phenoxy) is 1. The van der Waals surface area contributed by atoms with Crippen LogP contribution in [-0.4, -0.2) is 62.1 Å². The lowest BCUT2D eigenvalue weighted by molar-refractivity contribution is -0.137. The van der Waals surface area contributed by atoms with Gasteiger partial charge in [0.25, 0.3) is 11.8 Å². The fourth-order valence-electron chi connectivity index (χ4n) is 3.47. The van der Waals surface area contributed by atoms with Crippen molar-refractivity contribution in [1.29, 1.82) is 0 Å². The minimum Gasteiger partial charge on any atom is -0.370 e. The molecular weight excluding hydrogens is 551 g/mol. The smallest absolute Gasteiger partial charge is 0.370 e. The van der Waals surface area contributed by atoms with Crippen LogP contribution in [0, 0.1) is 0 Å². The van der Waals surface area contributed by atoms with E-state index in [0.717, 1.165) is 22.3 Å². The first kappa shape index (κ1) is 29.2. The molecule has 0 spiro atoms. The summed E-state index contributed by atoms with van der Waals surface area (Å²) in [4.78, 5) is 51.0. The molecule has 206 valence electrons. The van der Waals surface area contributed by atoms with Crippen LogP contribution in [0.3, 0.4) is 0 Å². The first-order valence-electron chi connectivity index (χ1n) is 11.4. The van der Waals surface area contributed by atoms with Crippen LogP contribution >= 0.6 is 22.9 Å². The SMILES string of the molecule is CC(C)NC(=O)N[C@H](CNC(=O)c1ccc(Cl)s1)C(=O)Nc1ccc(N2CCOCC2=O)c(C(F)(F)F)c1. The maximum absolute atomic E-state index is 13.9. The topological polar surface area (TPSA) is 129 Å². The van der Waals surface area contributed by atoms with Gasteiger partial charge in [0.1, 0.15) is 12.6 Å². The molecule has 0 unspecified atom stereocenters. The monoisotopic (exact) mass is 575 g/mol. The van der Waals surface area contributed by atoms with E-state index >= 15 is 0 Å². The number of carbonyl (C=O) groups is 4. The summed E-state index contributed by atoms with van der Waals surface area (Å²) in [5.74, 6) is -2.05. The molecule has 10 nitrogen and oxygen atoms in total. The summed E-state index contributed by atoms with van der Waals surface area (Å²) in [5.41, 5.74) is -1.72. The van der Waals surface area contributed by atoms with Crippen molar-refractivity contribution in [1.82, 2.24) is 16.0 Å². The first-order chi connectivity index (χ1) is 17.8. The standard InChI is InChI=1S/C23H25ClF3N5O5S/c1-12(2)29-22(36)31-15(10-28-21(35)17-5-6-18(24)38-17)20(34)30-13-3-4-16(14(9-13)23(25,26)27)32-7-8-37-11-19(32)33/h3-6,9,12,15H,7-8,10-11H2,1-2H3,(H,28,35)(H,30,34)(H2,29,31,36)/t15-/m1/s1. The van der Waals surface area contributed by atoms with Gasteiger partial charge in [-0.25, -0.2) is 4.79 Å². The number of rotatable bonds is 8. The summed E-state index contributed by atoms with van der Waals surface area (Å²) in [7, 11) is 0. The van der Waals surface area contributed by atoms with Gasteiger partial charge in [-0.1, -0.05) is 11.6 Å². The average Bonchev–Trinajstić information content (AvgIpc) is 3.27. The Morgan fingerprint density at radius 3 is 2.50 bits per heavy atom. The van der Waals surface area contributed by atoms with Crippen LogP contribution in [-0.2, 0) is 20.5 Å². The van der Waals surface area contributed by atoms with E-state index in [9.17, 15) is 32.3 Å². The Morgan fingerprint density at radius 2 is 1.89 bits per heavy atom. The number of anilines is 2. The van der Waals surface area contributed by atoms with Crippen molar-refractivity contribution in [3.63, 3.8) is 0 Å². The molecule has 5 amide bonds. The first-order valence-corrected chi connectivity index (χ1v) is 12.6. The van der Waals surface area contributed by atoms with E-state index in [1.807, 2.05) is 0 Å². The minimum absolute atomic E-state index is 0.0558. The van der Waals surface area contributed by atoms with Crippen molar-refractivity contribution in [2.24, 2.45) is 0 Å². The third kappa shape index (κ3) is 7.82. The van der Waals surface area contributed by atoms with Gasteiger partial charge in [0.2, 0.25) is 5.91 Å². The quantitative estimate of drug-likeness (QED) is 0.384. The van der Waals surface area contributed by atoms with Crippen LogP contribution in [0.4, 0.5) is 29.3 Å². The molecule has 1 aromatic heterocycles. The normalized spacial score (nSPS) is 14.7. The Kier molecular flexibility index (Phi) is 9.57. The number of nitrogens with one attached hydrogen (secondary N) is 4. The van der Waals surface area contributed by atoms with E-state index in [1.54, 1.807) is 13.8 Å². The Hall–Kier alpha value is -3.36. The summed E-state index contributed by atoms with van der Waals surface area (Å²) in [6, 6.07) is 3.66. The fourth-order valence-corrected chi connectivity index (χ4v) is 4.43. The number of morpholine rings is 1. The molecule has 0 bridgehead atoms. The highest BCUT2D eigenvalue weighted by Crippen LogP contribution is 2.38. The second-order valence-electron chi connectivity index (χ2n) is 8.46. The summed E-state index contributed by atoms with van der Waals surface area (Å²) >= 11 is 6.85. The third-order valence-corrected chi connectivity index (χ3v) is 6.38. The van der Waals surface area contributed by atoms with E-state index in [2.05, 4.69) is 21.3 Å². The zero-order valence-electron chi connectivity index (χ0n) is 20.3. The van der Waals surface area contributed by atoms with Crippen molar-refractivity contribution in [3.05, 3.63) is 45.1 Å². The maximum atomic E-state index is 13.9. The minimum atomic E-state index is -4.83. The Bertz CT molecular complexity index is 1210. The molecule has 15 heteroatoms. The molecule has 1 atom stereocenters. The number of hydrogen-bond acceptors (Lipinski definition) is 6. The molecule has 3 rings (SSSR count). The predicted octanol–water partition coefficient (Wildman–Crippen LogP) is 3.23. The molecular formula is C23H25ClF3N5O5S. The van der Waals surface area contributed by atoms with Gasteiger partial charge in [0.15, 0.2) is 0 Å². The lowest BCUT2D eigenvalue weighted by Gasteiger charge is -2.29. The molecule has 1 saturated heterocycles. The highest BCUT2D eigenvalue weighted by molar-refractivity contribution is 7.18. The number of nitrogens with zero attached hydrogens (tertiary/aromatic N) is 1. The van der Waals surface area contributed by atoms with E-state index in [0.29, 0.717) is 10.4 Å². The van der Waals surface area contributed by atoms with Gasteiger partial charge in [-0.3, -0.25) is 14.4 Å². The lowest BCUT2D eigenvalue weighted by atomic mass is 10.1. The van der Waals surface area contributed by atoms with Crippen molar-refractivity contribution in [3.8, 4) is 0 Å². The highest BCUT2D eigenvalue weighted by Gasteiger charge is 2.37. The van der Waals surface area contributed by atoms with Crippen LogP contribution in [0.5, 0.6) is 0 Å². The van der Waals surface area contributed by atoms with E-state index in [-0.39, 0.29) is 48.6 Å². The van der Waals surface area contributed by atoms with Crippen LogP contribution in [0.25, 0.3) is 0 Å². The Morgan fingerprint density at radius 1 is 1.16 bits per heavy atom. The van der Waals surface area contributed by atoms with Gasteiger partial charge in [0.05, 0.1) is 27.1 Å². The highest BCUT2D eigenvalue weighted by atomic mass is 35.5. The number of hydrogen-bond donors (Lipinski definition) is 4. The molecule has 1 aliphatic heterocycles. The van der Waals surface area contributed by atoms with Gasteiger partial charge in [-0.05, 0) is 44.2 Å². The molecule has 0 saturated carbocycles. The van der Waals surface area contributed by atoms with Gasteiger partial charge in [-0.15, -0.1) is 11.3 Å². The Labute approximate surface area is 224 Å². The number of amides is 5. The van der Waals surface area contributed by atoms with Crippen molar-refractivity contribution in [2.75, 3.05) is 36.5 Å². The summed E-state index contributed by atoms with van der Waals surface area (Å²) in [5, 5.41) is 9.79. The molecule has 38 heavy (non-hydrogen) atoms. The number of urea groups is 1. The molecule has 2 heterocycles. The second kappa shape index (κ2) is 12.5. The molecule has 2 aromatic rings. The van der Waals surface area contributed by atoms with Gasteiger partial charge in [0, 0.05) is 24.8 Å². The van der Waals surface area contributed by atoms with Crippen LogP contribution in [0.1, 0.15) is 29.1 Å². The number of alkyl halides is 3. The predicted molar refractivity (Wildman–Crippen MR) is 135 cm³/mol. The zero-order chi connectivity index (χ0) is 28.0. The largest absolute Gasteiger partial charge is 0.418 e. The van der Waals surface area contributed by atoms with Crippen molar-refractivity contribution < 1.29 is 37.1 Å². The second-order valence-corrected chi connectivity index (χ2v) is 10.2. The number of benzene rings is 1. The van der Waals surface area contributed by atoms with Crippen LogP contribution in [0.15, 0.2) is 30.3 Å². The molecule has 4 N–H and O–H groups in total. The molecule has 1 fully saturated rings. The summed E-state index contributed by atoms with van der Waals surface area (Å²) in [6.45, 7) is 2.70. The lowest BCUT2D eigenvalue weighted by Crippen LogP contribution is -2.54. The fraction of sp³-hybridized carbons (Fsp3) is 0.391. The number of halogens is 4. The zero-order valence-corrected chi connectivity index (χ0v) is 21.9. The molecule has 0 aliphatic carbocycles. The Balaban J connectivity index is 1.80.